The number of nitrogens with zero attached hydrogens (tertiary/aromatic N) is 2. The number of hydrogen-bond donors (Lipinski definition) is 0. The van der Waals surface area contributed by atoms with Gasteiger partial charge in [0.25, 0.3) is 0 Å². The molecule has 0 spiro atoms. The van der Waals surface area contributed by atoms with Crippen LogP contribution in [-0.4, -0.2) is 22.9 Å². The number of ether oxygens (including phenoxy) is 1. The summed E-state index contributed by atoms with van der Waals surface area (Å²) < 4.78 is 5.40. The maximum Gasteiger partial charge on any atom is 0.220 e. The molecule has 0 amide bonds. The third-order valence-electron chi connectivity index (χ3n) is 2.37. The van der Waals surface area contributed by atoms with E-state index >= 15 is 0 Å². The van der Waals surface area contributed by atoms with Crippen molar-refractivity contribution in [3.05, 3.63) is 17.6 Å². The lowest BCUT2D eigenvalue weighted by Crippen LogP contribution is -2.04. The highest BCUT2D eigenvalue weighted by Crippen LogP contribution is 2.38. The summed E-state index contributed by atoms with van der Waals surface area (Å²) in [7, 11) is 0. The fourth-order valence-electron chi connectivity index (χ4n) is 1.43. The van der Waals surface area contributed by atoms with Crippen molar-refractivity contribution in [2.75, 3.05) is 6.61 Å². The summed E-state index contributed by atoms with van der Waals surface area (Å²) in [5.74, 6) is 1.93. The van der Waals surface area contributed by atoms with Crippen LogP contribution in [0.1, 0.15) is 37.1 Å². The van der Waals surface area contributed by atoms with Crippen LogP contribution in [0.3, 0.4) is 0 Å². The van der Waals surface area contributed by atoms with Crippen LogP contribution >= 0.6 is 0 Å². The van der Waals surface area contributed by atoms with Crippen molar-refractivity contribution >= 4 is 6.29 Å². The molecule has 1 aromatic heterocycles. The zero-order chi connectivity index (χ0) is 10.7. The minimum atomic E-state index is 0.320. The average Bonchev–Trinajstić information content (AvgIpc) is 3.05. The Kier molecular flexibility index (Phi) is 2.94. The lowest BCUT2D eigenvalue weighted by Gasteiger charge is -2.07. The van der Waals surface area contributed by atoms with Gasteiger partial charge in [-0.05, 0) is 19.8 Å². The molecule has 0 unspecified atom stereocenters. The molecule has 0 aliphatic heterocycles. The van der Waals surface area contributed by atoms with Gasteiger partial charge in [-0.25, -0.2) is 4.98 Å². The molecule has 0 bridgehead atoms. The molecule has 1 fully saturated rings. The zero-order valence-electron chi connectivity index (χ0n) is 8.77. The van der Waals surface area contributed by atoms with Crippen molar-refractivity contribution in [2.24, 2.45) is 0 Å². The summed E-state index contributed by atoms with van der Waals surface area (Å²) >= 11 is 0. The van der Waals surface area contributed by atoms with E-state index in [-0.39, 0.29) is 0 Å². The second kappa shape index (κ2) is 4.38. The topological polar surface area (TPSA) is 52.1 Å². The maximum absolute atomic E-state index is 10.5. The molecule has 80 valence electrons. The van der Waals surface area contributed by atoms with Gasteiger partial charge in [0.05, 0.1) is 6.61 Å². The summed E-state index contributed by atoms with van der Waals surface area (Å²) in [4.78, 5) is 19.1. The van der Waals surface area contributed by atoms with Gasteiger partial charge in [0.15, 0.2) is 0 Å². The summed E-state index contributed by atoms with van der Waals surface area (Å²) in [6, 6.07) is 0. The molecule has 1 saturated carbocycles. The minimum Gasteiger partial charge on any atom is -0.478 e. The van der Waals surface area contributed by atoms with Gasteiger partial charge in [-0.2, -0.15) is 4.98 Å². The van der Waals surface area contributed by atoms with E-state index in [0.717, 1.165) is 17.7 Å². The molecule has 15 heavy (non-hydrogen) atoms. The Morgan fingerprint density at radius 2 is 2.40 bits per heavy atom. The van der Waals surface area contributed by atoms with E-state index < -0.39 is 0 Å². The molecule has 1 heterocycles. The number of aromatic nitrogens is 2. The van der Waals surface area contributed by atoms with Gasteiger partial charge in [0, 0.05) is 24.1 Å². The molecule has 4 nitrogen and oxygen atoms in total. The van der Waals surface area contributed by atoms with Crippen molar-refractivity contribution < 1.29 is 9.53 Å². The molecule has 2 rings (SSSR count). The number of rotatable bonds is 5. The van der Waals surface area contributed by atoms with E-state index in [1.54, 1.807) is 6.20 Å². The van der Waals surface area contributed by atoms with Gasteiger partial charge in [-0.1, -0.05) is 0 Å². The fourth-order valence-corrected chi connectivity index (χ4v) is 1.43. The predicted molar refractivity (Wildman–Crippen MR) is 54.9 cm³/mol. The number of carbonyl (C=O) groups excluding carboxylic acids is 1. The van der Waals surface area contributed by atoms with Crippen LogP contribution in [0.15, 0.2) is 6.20 Å². The molecule has 4 heteroatoms. The molecule has 0 saturated heterocycles. The van der Waals surface area contributed by atoms with Crippen LogP contribution in [0.5, 0.6) is 5.88 Å². The van der Waals surface area contributed by atoms with Crippen LogP contribution in [0, 0.1) is 0 Å². The van der Waals surface area contributed by atoms with E-state index in [0.29, 0.717) is 24.8 Å². The van der Waals surface area contributed by atoms with Crippen LogP contribution in [0.25, 0.3) is 0 Å². The predicted octanol–water partition coefficient (Wildman–Crippen LogP) is 1.49. The Balaban J connectivity index is 2.25. The third kappa shape index (κ3) is 2.32. The highest BCUT2D eigenvalue weighted by atomic mass is 16.5. The Hall–Kier alpha value is -1.45. The second-order valence-electron chi connectivity index (χ2n) is 3.64. The van der Waals surface area contributed by atoms with Gasteiger partial charge < -0.3 is 9.53 Å². The van der Waals surface area contributed by atoms with Gasteiger partial charge >= 0.3 is 0 Å². The van der Waals surface area contributed by atoms with Crippen molar-refractivity contribution in [1.82, 2.24) is 9.97 Å². The van der Waals surface area contributed by atoms with Gasteiger partial charge in [-0.15, -0.1) is 0 Å². The number of hydrogen-bond acceptors (Lipinski definition) is 4. The van der Waals surface area contributed by atoms with Gasteiger partial charge in [-0.3, -0.25) is 0 Å². The lowest BCUT2D eigenvalue weighted by molar-refractivity contribution is -0.107. The SMILES string of the molecule is CCOc1nc(C2CC2)ncc1CC=O. The maximum atomic E-state index is 10.5. The Bertz CT molecular complexity index is 362. The van der Waals surface area contributed by atoms with E-state index in [1.165, 1.54) is 12.8 Å². The first-order valence-electron chi connectivity index (χ1n) is 5.27. The smallest absolute Gasteiger partial charge is 0.220 e. The Morgan fingerprint density at radius 1 is 1.60 bits per heavy atom. The summed E-state index contributed by atoms with van der Waals surface area (Å²) in [6.07, 6.45) is 5.20. The van der Waals surface area contributed by atoms with E-state index in [4.69, 9.17) is 4.74 Å². The molecule has 0 N–H and O–H groups in total. The van der Waals surface area contributed by atoms with E-state index in [2.05, 4.69) is 9.97 Å². The summed E-state index contributed by atoms with van der Waals surface area (Å²) in [6.45, 7) is 2.47. The summed E-state index contributed by atoms with van der Waals surface area (Å²) in [5, 5.41) is 0. The Morgan fingerprint density at radius 3 is 3.00 bits per heavy atom. The van der Waals surface area contributed by atoms with E-state index in [9.17, 15) is 4.79 Å². The van der Waals surface area contributed by atoms with Crippen molar-refractivity contribution in [3.63, 3.8) is 0 Å². The molecule has 0 radical (unpaired) electrons. The Labute approximate surface area is 88.7 Å². The monoisotopic (exact) mass is 206 g/mol. The van der Waals surface area contributed by atoms with Crippen molar-refractivity contribution in [3.8, 4) is 5.88 Å². The normalized spacial score (nSPS) is 15.0. The molecule has 0 atom stereocenters. The molecular weight excluding hydrogens is 192 g/mol. The quantitative estimate of drug-likeness (QED) is 0.685. The largest absolute Gasteiger partial charge is 0.478 e. The molecule has 1 aromatic rings. The summed E-state index contributed by atoms with van der Waals surface area (Å²) in [5.41, 5.74) is 0.774. The average molecular weight is 206 g/mol. The molecule has 1 aliphatic rings. The second-order valence-corrected chi connectivity index (χ2v) is 3.64. The lowest BCUT2D eigenvalue weighted by atomic mass is 10.2. The van der Waals surface area contributed by atoms with Crippen LogP contribution < -0.4 is 4.74 Å². The fraction of sp³-hybridized carbons (Fsp3) is 0.545. The van der Waals surface area contributed by atoms with Crippen LogP contribution in [0.2, 0.25) is 0 Å². The first-order chi connectivity index (χ1) is 7.35. The highest BCUT2D eigenvalue weighted by Gasteiger charge is 2.27. The minimum absolute atomic E-state index is 0.320. The molecule has 0 aromatic carbocycles. The van der Waals surface area contributed by atoms with Gasteiger partial charge in [0.2, 0.25) is 5.88 Å². The molecule has 1 aliphatic carbocycles. The number of carbonyl (C=O) groups is 1. The van der Waals surface area contributed by atoms with Crippen LogP contribution in [-0.2, 0) is 11.2 Å². The van der Waals surface area contributed by atoms with Crippen molar-refractivity contribution in [2.45, 2.75) is 32.1 Å². The van der Waals surface area contributed by atoms with Gasteiger partial charge in [0.1, 0.15) is 12.1 Å². The zero-order valence-corrected chi connectivity index (χ0v) is 8.77. The first kappa shape index (κ1) is 10.1. The van der Waals surface area contributed by atoms with Crippen LogP contribution in [0.4, 0.5) is 0 Å². The standard InChI is InChI=1S/C11H14N2O2/c1-2-15-11-9(5-6-14)7-12-10(13-11)8-3-4-8/h6-8H,2-5H2,1H3. The highest BCUT2D eigenvalue weighted by molar-refractivity contribution is 5.56. The molecular formula is C11H14N2O2. The number of aldehydes is 1. The third-order valence-corrected chi connectivity index (χ3v) is 2.37. The van der Waals surface area contributed by atoms with E-state index in [1.807, 2.05) is 6.92 Å². The van der Waals surface area contributed by atoms with Crippen molar-refractivity contribution in [1.29, 1.82) is 0 Å². The first-order valence-corrected chi connectivity index (χ1v) is 5.27.